The van der Waals surface area contributed by atoms with Gasteiger partial charge in [0.1, 0.15) is 0 Å². The summed E-state index contributed by atoms with van der Waals surface area (Å²) in [6, 6.07) is 0. The summed E-state index contributed by atoms with van der Waals surface area (Å²) in [5.41, 5.74) is 0. The molecule has 4 heteroatoms. The molecule has 3 saturated carbocycles. The second-order valence-electron chi connectivity index (χ2n) is 16.8. The monoisotopic (exact) mass is 631 g/mol. The van der Waals surface area contributed by atoms with Gasteiger partial charge in [0.15, 0.2) is 0 Å². The Morgan fingerprint density at radius 1 is 0.556 bits per heavy atom. The van der Waals surface area contributed by atoms with Crippen LogP contribution >= 0.6 is 0 Å². The van der Waals surface area contributed by atoms with Crippen molar-refractivity contribution >= 4 is 11.9 Å². The molecule has 3 fully saturated rings. The van der Waals surface area contributed by atoms with Crippen LogP contribution in [0.15, 0.2) is 0 Å². The second-order valence-corrected chi connectivity index (χ2v) is 16.8. The molecule has 262 valence electrons. The van der Waals surface area contributed by atoms with Gasteiger partial charge in [0.05, 0.1) is 14.2 Å². The van der Waals surface area contributed by atoms with Crippen LogP contribution in [0, 0.1) is 59.2 Å². The first-order valence-corrected chi connectivity index (χ1v) is 19.8. The normalized spacial score (nSPS) is 29.4. The van der Waals surface area contributed by atoms with Crippen LogP contribution in [0.25, 0.3) is 0 Å². The lowest BCUT2D eigenvalue weighted by atomic mass is 9.83. The fourth-order valence-electron chi connectivity index (χ4n) is 9.88. The number of hydrogen-bond donors (Lipinski definition) is 0. The Labute approximate surface area is 279 Å². The zero-order valence-electron chi connectivity index (χ0n) is 30.7. The molecule has 0 bridgehead atoms. The van der Waals surface area contributed by atoms with Gasteiger partial charge in [0, 0.05) is 12.8 Å². The van der Waals surface area contributed by atoms with Crippen molar-refractivity contribution in [2.24, 2.45) is 59.2 Å². The van der Waals surface area contributed by atoms with Crippen LogP contribution in [0.3, 0.4) is 0 Å². The van der Waals surface area contributed by atoms with Crippen LogP contribution in [0.4, 0.5) is 0 Å². The number of unbranched alkanes of at least 4 members (excludes halogenated alkanes) is 3. The predicted octanol–water partition coefficient (Wildman–Crippen LogP) is 11.6. The van der Waals surface area contributed by atoms with E-state index in [-0.39, 0.29) is 11.9 Å². The number of carbonyl (C=O) groups excluding carboxylic acids is 2. The Kier molecular flexibility index (Phi) is 17.9. The highest BCUT2D eigenvalue weighted by atomic mass is 16.5. The standard InChI is InChI=1S/C41H74O4/c1-30(14-11-17-33(4)37-23-24-39(29-37)38-22-20-35(27-38)28-41(43)45-6)13-9-7-8-10-16-32(3)36-21-19-34(26-36)18-12-15-31(2)25-40(42)44-5/h30-39H,7-29H2,1-6H3/t30-,31?,32-,33-,34+,35?,36?,37?,38?,39+/m1/s1. The molecule has 0 aromatic carbocycles. The number of rotatable bonds is 22. The maximum absolute atomic E-state index is 11.7. The van der Waals surface area contributed by atoms with Gasteiger partial charge < -0.3 is 9.47 Å². The van der Waals surface area contributed by atoms with Crippen LogP contribution in [-0.4, -0.2) is 26.2 Å². The molecule has 4 nitrogen and oxygen atoms in total. The summed E-state index contributed by atoms with van der Waals surface area (Å²) in [5, 5.41) is 0. The molecule has 3 rings (SSSR count). The molecule has 0 aromatic heterocycles. The van der Waals surface area contributed by atoms with E-state index in [4.69, 9.17) is 9.47 Å². The van der Waals surface area contributed by atoms with E-state index in [1.54, 1.807) is 0 Å². The van der Waals surface area contributed by atoms with Gasteiger partial charge in [-0.25, -0.2) is 0 Å². The van der Waals surface area contributed by atoms with Gasteiger partial charge in [-0.2, -0.15) is 0 Å². The Hall–Kier alpha value is -1.06. The van der Waals surface area contributed by atoms with Crippen molar-refractivity contribution in [1.29, 1.82) is 0 Å². The smallest absolute Gasteiger partial charge is 0.305 e. The van der Waals surface area contributed by atoms with Crippen molar-refractivity contribution in [3.05, 3.63) is 0 Å². The van der Waals surface area contributed by atoms with Gasteiger partial charge in [-0.05, 0) is 111 Å². The SMILES string of the molecule is COC(=O)CC(C)CCC[C@H]1CCC([C@H](C)CCCCCC[C@@H](C)CCC[C@@H](C)C2CC[C@H](C3CCC(CC(=O)OC)C3)C2)C1. The van der Waals surface area contributed by atoms with Crippen molar-refractivity contribution in [2.45, 2.75) is 175 Å². The number of carbonyl (C=O) groups is 2. The molecule has 0 aromatic rings. The topological polar surface area (TPSA) is 52.6 Å². The highest BCUT2D eigenvalue weighted by Gasteiger charge is 2.37. The second kappa shape index (κ2) is 21.0. The van der Waals surface area contributed by atoms with Crippen LogP contribution in [0.5, 0.6) is 0 Å². The third kappa shape index (κ3) is 14.3. The highest BCUT2D eigenvalue weighted by molar-refractivity contribution is 5.69. The first-order valence-electron chi connectivity index (χ1n) is 19.8. The third-order valence-corrected chi connectivity index (χ3v) is 13.2. The van der Waals surface area contributed by atoms with Crippen molar-refractivity contribution in [2.75, 3.05) is 14.2 Å². The molecule has 10 atom stereocenters. The first-order chi connectivity index (χ1) is 21.7. The first kappa shape index (κ1) is 38.4. The minimum Gasteiger partial charge on any atom is -0.469 e. The van der Waals surface area contributed by atoms with Crippen molar-refractivity contribution in [3.63, 3.8) is 0 Å². The van der Waals surface area contributed by atoms with Gasteiger partial charge in [0.25, 0.3) is 0 Å². The number of esters is 2. The Balaban J connectivity index is 1.14. The molecule has 0 spiro atoms. The van der Waals surface area contributed by atoms with E-state index in [2.05, 4.69) is 27.7 Å². The van der Waals surface area contributed by atoms with Crippen LogP contribution in [0.2, 0.25) is 0 Å². The van der Waals surface area contributed by atoms with Gasteiger partial charge in [-0.15, -0.1) is 0 Å². The summed E-state index contributed by atoms with van der Waals surface area (Å²) in [4.78, 5) is 23.2. The number of hydrogen-bond acceptors (Lipinski definition) is 4. The molecule has 45 heavy (non-hydrogen) atoms. The number of ether oxygens (including phenoxy) is 2. The van der Waals surface area contributed by atoms with Crippen molar-refractivity contribution < 1.29 is 19.1 Å². The van der Waals surface area contributed by atoms with E-state index in [1.807, 2.05) is 0 Å². The fraction of sp³-hybridized carbons (Fsp3) is 0.951. The van der Waals surface area contributed by atoms with E-state index >= 15 is 0 Å². The summed E-state index contributed by atoms with van der Waals surface area (Å²) >= 11 is 0. The molecule has 3 aliphatic carbocycles. The Morgan fingerprint density at radius 3 is 1.84 bits per heavy atom. The molecule has 0 heterocycles. The molecule has 0 amide bonds. The lowest BCUT2D eigenvalue weighted by molar-refractivity contribution is -0.142. The predicted molar refractivity (Wildman–Crippen MR) is 188 cm³/mol. The summed E-state index contributed by atoms with van der Waals surface area (Å²) in [6.07, 6.45) is 30.3. The molecule has 0 aliphatic heterocycles. The van der Waals surface area contributed by atoms with Crippen LogP contribution in [0.1, 0.15) is 175 Å². The fourth-order valence-corrected chi connectivity index (χ4v) is 9.88. The lowest BCUT2D eigenvalue weighted by Crippen LogP contribution is -2.13. The van der Waals surface area contributed by atoms with Gasteiger partial charge in [-0.3, -0.25) is 9.59 Å². The highest BCUT2D eigenvalue weighted by Crippen LogP contribution is 2.48. The van der Waals surface area contributed by atoms with E-state index in [1.165, 1.54) is 143 Å². The molecule has 0 saturated heterocycles. The molecule has 0 radical (unpaired) electrons. The van der Waals surface area contributed by atoms with Crippen molar-refractivity contribution in [3.8, 4) is 0 Å². The molecular formula is C41H74O4. The molecule has 5 unspecified atom stereocenters. The summed E-state index contributed by atoms with van der Waals surface area (Å²) in [7, 11) is 3.02. The summed E-state index contributed by atoms with van der Waals surface area (Å²) in [5.74, 6) is 8.22. The quantitative estimate of drug-likeness (QED) is 0.0882. The minimum absolute atomic E-state index is 0.0144. The maximum Gasteiger partial charge on any atom is 0.305 e. The Morgan fingerprint density at radius 2 is 1.11 bits per heavy atom. The molecular weight excluding hydrogens is 556 g/mol. The van der Waals surface area contributed by atoms with E-state index < -0.39 is 0 Å². The zero-order valence-corrected chi connectivity index (χ0v) is 30.7. The molecule has 3 aliphatic rings. The average molecular weight is 631 g/mol. The van der Waals surface area contributed by atoms with E-state index in [0.717, 1.165) is 53.8 Å². The zero-order chi connectivity index (χ0) is 32.6. The van der Waals surface area contributed by atoms with E-state index in [9.17, 15) is 9.59 Å². The Bertz CT molecular complexity index is 824. The minimum atomic E-state index is -0.0605. The largest absolute Gasteiger partial charge is 0.469 e. The van der Waals surface area contributed by atoms with Crippen molar-refractivity contribution in [1.82, 2.24) is 0 Å². The summed E-state index contributed by atoms with van der Waals surface area (Å²) in [6.45, 7) is 9.75. The van der Waals surface area contributed by atoms with E-state index in [0.29, 0.717) is 24.7 Å². The summed E-state index contributed by atoms with van der Waals surface area (Å²) < 4.78 is 9.73. The maximum atomic E-state index is 11.7. The van der Waals surface area contributed by atoms with Gasteiger partial charge in [0.2, 0.25) is 0 Å². The van der Waals surface area contributed by atoms with Gasteiger partial charge in [-0.1, -0.05) is 111 Å². The number of methoxy groups -OCH3 is 2. The van der Waals surface area contributed by atoms with Crippen LogP contribution in [-0.2, 0) is 19.1 Å². The molecule has 0 N–H and O–H groups in total. The third-order valence-electron chi connectivity index (χ3n) is 13.2. The van der Waals surface area contributed by atoms with Gasteiger partial charge >= 0.3 is 11.9 Å². The van der Waals surface area contributed by atoms with Crippen LogP contribution < -0.4 is 0 Å². The lowest BCUT2D eigenvalue weighted by Gasteiger charge is -2.22. The average Bonchev–Trinajstić information content (AvgIpc) is 3.80.